The van der Waals surface area contributed by atoms with Gasteiger partial charge in [-0.05, 0) is 67.8 Å². The van der Waals surface area contributed by atoms with E-state index < -0.39 is 10.0 Å². The summed E-state index contributed by atoms with van der Waals surface area (Å²) >= 11 is 1.01. The molecule has 0 unspecified atom stereocenters. The quantitative estimate of drug-likeness (QED) is 0.449. The molecule has 0 spiro atoms. The second kappa shape index (κ2) is 8.30. The van der Waals surface area contributed by atoms with Crippen LogP contribution in [-0.2, 0) is 16.6 Å². The Morgan fingerprint density at radius 3 is 2.55 bits per heavy atom. The zero-order chi connectivity index (χ0) is 23.3. The number of aromatic nitrogens is 3. The summed E-state index contributed by atoms with van der Waals surface area (Å²) in [5.41, 5.74) is 4.73. The van der Waals surface area contributed by atoms with Crippen LogP contribution in [0, 0.1) is 20.8 Å². The Kier molecular flexibility index (Phi) is 5.58. The van der Waals surface area contributed by atoms with Gasteiger partial charge < -0.3 is 4.98 Å². The van der Waals surface area contributed by atoms with Crippen molar-refractivity contribution in [3.63, 3.8) is 0 Å². The Bertz CT molecular complexity index is 1530. The molecule has 1 fully saturated rings. The van der Waals surface area contributed by atoms with Gasteiger partial charge in [-0.25, -0.2) is 8.42 Å². The van der Waals surface area contributed by atoms with Crippen LogP contribution in [0.2, 0.25) is 0 Å². The first kappa shape index (κ1) is 22.2. The first-order valence-electron chi connectivity index (χ1n) is 11.1. The normalized spacial score (nSPS) is 15.3. The summed E-state index contributed by atoms with van der Waals surface area (Å²) in [6, 6.07) is 9.24. The molecule has 1 aliphatic rings. The Balaban J connectivity index is 1.65. The van der Waals surface area contributed by atoms with Crippen molar-refractivity contribution in [1.29, 1.82) is 0 Å². The molecule has 9 heteroatoms. The van der Waals surface area contributed by atoms with Crippen LogP contribution >= 0.6 is 11.7 Å². The fraction of sp³-hybridized carbons (Fsp3) is 0.375. The molecule has 2 heterocycles. The molecule has 1 N–H and O–H groups in total. The van der Waals surface area contributed by atoms with E-state index in [1.165, 1.54) is 4.31 Å². The van der Waals surface area contributed by atoms with E-state index in [1.807, 2.05) is 32.0 Å². The van der Waals surface area contributed by atoms with Crippen LogP contribution in [0.3, 0.4) is 0 Å². The number of sulfonamides is 1. The van der Waals surface area contributed by atoms with Gasteiger partial charge >= 0.3 is 0 Å². The first-order chi connectivity index (χ1) is 15.8. The number of aryl methyl sites for hydroxylation is 3. The van der Waals surface area contributed by atoms with E-state index in [0.717, 1.165) is 59.4 Å². The maximum Gasteiger partial charge on any atom is 0.252 e. The van der Waals surface area contributed by atoms with Gasteiger partial charge in [0.1, 0.15) is 15.9 Å². The van der Waals surface area contributed by atoms with Crippen molar-refractivity contribution in [3.05, 3.63) is 62.9 Å². The molecule has 172 valence electrons. The molecule has 2 aromatic carbocycles. The molecule has 4 aromatic rings. The largest absolute Gasteiger partial charge is 0.321 e. The maximum absolute atomic E-state index is 14.1. The molecule has 0 radical (unpaired) electrons. The molecule has 33 heavy (non-hydrogen) atoms. The van der Waals surface area contributed by atoms with Gasteiger partial charge in [0.15, 0.2) is 0 Å². The second-order valence-corrected chi connectivity index (χ2v) is 11.3. The number of rotatable bonds is 5. The lowest BCUT2D eigenvalue weighted by atomic mass is 10.0. The summed E-state index contributed by atoms with van der Waals surface area (Å²) in [6.07, 6.45) is 3.52. The minimum atomic E-state index is -3.91. The minimum Gasteiger partial charge on any atom is -0.321 e. The smallest absolute Gasteiger partial charge is 0.252 e. The van der Waals surface area contributed by atoms with Gasteiger partial charge in [0.05, 0.1) is 17.2 Å². The molecule has 0 aliphatic heterocycles. The summed E-state index contributed by atoms with van der Waals surface area (Å²) in [5, 5.41) is 0.901. The summed E-state index contributed by atoms with van der Waals surface area (Å²) in [6.45, 7) is 5.80. The van der Waals surface area contributed by atoms with Crippen LogP contribution in [0.15, 0.2) is 40.0 Å². The fourth-order valence-corrected chi connectivity index (χ4v) is 7.45. The van der Waals surface area contributed by atoms with E-state index in [9.17, 15) is 13.2 Å². The number of hydrogen-bond acceptors (Lipinski definition) is 6. The highest BCUT2D eigenvalue weighted by Crippen LogP contribution is 2.34. The van der Waals surface area contributed by atoms with Crippen LogP contribution in [0.25, 0.3) is 21.9 Å². The van der Waals surface area contributed by atoms with Crippen LogP contribution in [0.1, 0.15) is 47.9 Å². The lowest BCUT2D eigenvalue weighted by molar-refractivity contribution is 0.315. The number of aromatic amines is 1. The van der Waals surface area contributed by atoms with Crippen molar-refractivity contribution < 1.29 is 8.42 Å². The minimum absolute atomic E-state index is 0.0264. The monoisotopic (exact) mass is 482 g/mol. The zero-order valence-electron chi connectivity index (χ0n) is 18.9. The molecule has 2 aromatic heterocycles. The summed E-state index contributed by atoms with van der Waals surface area (Å²) < 4.78 is 38.2. The molecular weight excluding hydrogens is 456 g/mol. The summed E-state index contributed by atoms with van der Waals surface area (Å²) in [7, 11) is -3.91. The van der Waals surface area contributed by atoms with Gasteiger partial charge in [-0.2, -0.15) is 13.1 Å². The lowest BCUT2D eigenvalue weighted by Crippen LogP contribution is -2.40. The highest BCUT2D eigenvalue weighted by molar-refractivity contribution is 7.89. The molecule has 5 rings (SSSR count). The topological polar surface area (TPSA) is 96.0 Å². The second-order valence-electron chi connectivity index (χ2n) is 8.93. The van der Waals surface area contributed by atoms with Crippen molar-refractivity contribution in [3.8, 4) is 0 Å². The number of pyridine rings is 1. The Morgan fingerprint density at radius 1 is 1.06 bits per heavy atom. The van der Waals surface area contributed by atoms with Crippen molar-refractivity contribution >= 4 is 43.7 Å². The highest BCUT2D eigenvalue weighted by atomic mass is 32.2. The third-order valence-corrected chi connectivity index (χ3v) is 9.45. The summed E-state index contributed by atoms with van der Waals surface area (Å²) in [4.78, 5) is 16.2. The predicted octanol–water partition coefficient (Wildman–Crippen LogP) is 4.59. The third kappa shape index (κ3) is 3.78. The first-order valence-corrected chi connectivity index (χ1v) is 13.3. The van der Waals surface area contributed by atoms with Crippen LogP contribution in [0.4, 0.5) is 0 Å². The van der Waals surface area contributed by atoms with E-state index >= 15 is 0 Å². The van der Waals surface area contributed by atoms with E-state index in [2.05, 4.69) is 13.7 Å². The van der Waals surface area contributed by atoms with Crippen molar-refractivity contribution in [2.24, 2.45) is 0 Å². The van der Waals surface area contributed by atoms with E-state index in [0.29, 0.717) is 22.2 Å². The number of nitrogens with one attached hydrogen (secondary N) is 1. The highest BCUT2D eigenvalue weighted by Gasteiger charge is 2.36. The third-order valence-electron chi connectivity index (χ3n) is 6.83. The Morgan fingerprint density at radius 2 is 1.79 bits per heavy atom. The molecule has 1 aliphatic carbocycles. The average molecular weight is 483 g/mol. The Labute approximate surface area is 196 Å². The van der Waals surface area contributed by atoms with Crippen LogP contribution in [-0.4, -0.2) is 32.5 Å². The van der Waals surface area contributed by atoms with Gasteiger partial charge in [-0.1, -0.05) is 31.0 Å². The fourth-order valence-electron chi connectivity index (χ4n) is 4.83. The molecular formula is C24H26N4O3S2. The zero-order valence-corrected chi connectivity index (χ0v) is 20.5. The van der Waals surface area contributed by atoms with Gasteiger partial charge in [0.2, 0.25) is 10.0 Å². The van der Waals surface area contributed by atoms with E-state index in [-0.39, 0.29) is 23.0 Å². The number of H-pyrrole nitrogens is 1. The van der Waals surface area contributed by atoms with Gasteiger partial charge in [-0.3, -0.25) is 4.79 Å². The van der Waals surface area contributed by atoms with Gasteiger partial charge in [0.25, 0.3) is 5.56 Å². The van der Waals surface area contributed by atoms with E-state index in [4.69, 9.17) is 0 Å². The molecule has 0 bridgehead atoms. The number of hydrogen-bond donors (Lipinski definition) is 1. The van der Waals surface area contributed by atoms with Crippen LogP contribution < -0.4 is 5.56 Å². The number of nitrogens with zero attached hydrogens (tertiary/aromatic N) is 3. The SMILES string of the molecule is Cc1ccc2nsnc2c1S(=O)(=O)N(Cc1cc2ccc(C)c(C)c2[nH]c1=O)C1CCCC1. The average Bonchev–Trinajstić information content (AvgIpc) is 3.47. The molecule has 1 saturated carbocycles. The molecule has 0 atom stereocenters. The predicted molar refractivity (Wildman–Crippen MR) is 131 cm³/mol. The van der Waals surface area contributed by atoms with Gasteiger partial charge in [-0.15, -0.1) is 0 Å². The van der Waals surface area contributed by atoms with Crippen LogP contribution in [0.5, 0.6) is 0 Å². The molecule has 0 amide bonds. The van der Waals surface area contributed by atoms with Crippen molar-refractivity contribution in [2.75, 3.05) is 0 Å². The van der Waals surface area contributed by atoms with Crippen molar-refractivity contribution in [2.45, 2.75) is 63.9 Å². The Hall–Kier alpha value is -2.62. The molecule has 0 saturated heterocycles. The summed E-state index contributed by atoms with van der Waals surface area (Å²) in [5.74, 6) is 0. The maximum atomic E-state index is 14.1. The number of benzene rings is 2. The molecule has 7 nitrogen and oxygen atoms in total. The lowest BCUT2D eigenvalue weighted by Gasteiger charge is -2.28. The van der Waals surface area contributed by atoms with Crippen molar-refractivity contribution in [1.82, 2.24) is 18.0 Å². The number of fused-ring (bicyclic) bond motifs is 2. The van der Waals surface area contributed by atoms with Gasteiger partial charge in [0, 0.05) is 18.2 Å². The van der Waals surface area contributed by atoms with E-state index in [1.54, 1.807) is 19.1 Å². The standard InChI is InChI=1S/C24H26N4O3S2/c1-14-8-10-17-12-18(24(29)25-21(17)16(14)3)13-28(19-6-4-5-7-19)33(30,31)23-15(2)9-11-20-22(23)27-32-26-20/h8-12,19H,4-7,13H2,1-3H3,(H,25,29).